The van der Waals surface area contributed by atoms with Crippen LogP contribution in [0.15, 0.2) is 35.7 Å². The fourth-order valence-corrected chi connectivity index (χ4v) is 5.34. The van der Waals surface area contributed by atoms with E-state index in [0.717, 1.165) is 5.41 Å². The van der Waals surface area contributed by atoms with Gasteiger partial charge in [-0.05, 0) is 37.6 Å². The number of phosphoric acid groups is 1. The summed E-state index contributed by atoms with van der Waals surface area (Å²) in [7, 11) is -1.83. The minimum atomic E-state index is -3.91. The lowest BCUT2D eigenvalue weighted by atomic mass is 10.1. The first-order valence-electron chi connectivity index (χ1n) is 10.6. The van der Waals surface area contributed by atoms with Crippen LogP contribution in [0.25, 0.3) is 6.08 Å². The van der Waals surface area contributed by atoms with Gasteiger partial charge in [0, 0.05) is 17.5 Å². The van der Waals surface area contributed by atoms with Crippen molar-refractivity contribution in [2.45, 2.75) is 19.6 Å². The zero-order valence-corrected chi connectivity index (χ0v) is 22.3. The Kier molecular flexibility index (Phi) is 10.5. The number of ether oxygens (including phenoxy) is 4. The van der Waals surface area contributed by atoms with Crippen LogP contribution in [0.1, 0.15) is 25.0 Å². The molecule has 0 radical (unpaired) electrons. The molecule has 0 aliphatic heterocycles. The zero-order chi connectivity index (χ0) is 26.1. The van der Waals surface area contributed by atoms with Gasteiger partial charge < -0.3 is 23.5 Å². The van der Waals surface area contributed by atoms with Gasteiger partial charge in [0.25, 0.3) is 0 Å². The molecule has 0 saturated carbocycles. The van der Waals surface area contributed by atoms with E-state index in [9.17, 15) is 13.0 Å². The monoisotopic (exact) mass is 530 g/mol. The van der Waals surface area contributed by atoms with Gasteiger partial charge in [0.2, 0.25) is 0 Å². The highest BCUT2D eigenvalue weighted by Gasteiger charge is 2.29. The first-order chi connectivity index (χ1) is 16.6. The second-order valence-electron chi connectivity index (χ2n) is 6.91. The average Bonchev–Trinajstić information content (AvgIpc) is 2.82. The second-order valence-corrected chi connectivity index (χ2v) is 10.4. The molecule has 0 heterocycles. The molecule has 0 unspecified atom stereocenters. The van der Waals surface area contributed by atoms with Crippen molar-refractivity contribution in [2.24, 2.45) is 0 Å². The van der Waals surface area contributed by atoms with Gasteiger partial charge in [0.15, 0.2) is 21.3 Å². The maximum atomic E-state index is 12.9. The van der Waals surface area contributed by atoms with Gasteiger partial charge in [0.05, 0.1) is 53.0 Å². The number of hydrogen-bond donors (Lipinski definition) is 0. The average molecular weight is 531 g/mol. The number of rotatable bonds is 14. The largest absolute Gasteiger partial charge is 0.530 e. The molecule has 2 rings (SSSR count). The van der Waals surface area contributed by atoms with E-state index in [2.05, 4.69) is 0 Å². The van der Waals surface area contributed by atoms with Crippen molar-refractivity contribution in [1.29, 1.82) is 0 Å². The number of phosphoric ester groups is 1. The Morgan fingerprint density at radius 1 is 0.800 bits per heavy atom. The smallest absolute Gasteiger partial charge is 0.496 e. The van der Waals surface area contributed by atoms with Gasteiger partial charge in [-0.2, -0.15) is 0 Å². The van der Waals surface area contributed by atoms with E-state index < -0.39 is 17.7 Å². The molecule has 0 aromatic heterocycles. The van der Waals surface area contributed by atoms with E-state index >= 15 is 0 Å². The molecule has 0 bridgehead atoms. The van der Waals surface area contributed by atoms with Crippen molar-refractivity contribution in [3.8, 4) is 28.7 Å². The summed E-state index contributed by atoms with van der Waals surface area (Å²) in [5.41, 5.74) is 0.811. The first kappa shape index (κ1) is 28.5. The molecule has 194 valence electrons. The minimum absolute atomic E-state index is 0.0351. The summed E-state index contributed by atoms with van der Waals surface area (Å²) < 4.78 is 75.5. The van der Waals surface area contributed by atoms with Crippen molar-refractivity contribution in [3.05, 3.63) is 46.9 Å². The Balaban J connectivity index is 2.36. The predicted octanol–water partition coefficient (Wildman–Crippen LogP) is 4.87. The molecule has 0 spiro atoms. The Morgan fingerprint density at radius 3 is 1.86 bits per heavy atom. The summed E-state index contributed by atoms with van der Waals surface area (Å²) in [5.74, 6) is 1.19. The number of sulfone groups is 1. The standard InChI is InChI=1S/C23H31O10PS/c1-7-31-34(24,32-8-2)33-23-13-17(9-10-20(23)28-4)16-35(25,26)12-11-19-21(29-5)14-18(27-3)15-22(19)30-6/h9-15H,7-8,16H2,1-6H3. The fourth-order valence-electron chi connectivity index (χ4n) is 3.06. The van der Waals surface area contributed by atoms with Crippen LogP contribution in [0.4, 0.5) is 0 Å². The lowest BCUT2D eigenvalue weighted by Crippen LogP contribution is -2.05. The van der Waals surface area contributed by atoms with Crippen LogP contribution in [0.2, 0.25) is 0 Å². The Morgan fingerprint density at radius 2 is 1.37 bits per heavy atom. The van der Waals surface area contributed by atoms with E-state index in [0.29, 0.717) is 28.4 Å². The quantitative estimate of drug-likeness (QED) is 0.313. The molecule has 12 heteroatoms. The van der Waals surface area contributed by atoms with Crippen LogP contribution in [-0.4, -0.2) is 50.1 Å². The highest BCUT2D eigenvalue weighted by Crippen LogP contribution is 2.51. The Labute approximate surface area is 206 Å². The summed E-state index contributed by atoms with van der Waals surface area (Å²) in [6, 6.07) is 7.75. The van der Waals surface area contributed by atoms with Gasteiger partial charge in [-0.25, -0.2) is 13.0 Å². The summed E-state index contributed by atoms with van der Waals surface area (Å²) in [4.78, 5) is 0. The topological polar surface area (TPSA) is 116 Å². The molecule has 0 fully saturated rings. The molecular weight excluding hydrogens is 499 g/mol. The molecule has 0 atom stereocenters. The lowest BCUT2D eigenvalue weighted by molar-refractivity contribution is 0.166. The molecule has 0 N–H and O–H groups in total. The molecule has 10 nitrogen and oxygen atoms in total. The maximum absolute atomic E-state index is 12.9. The lowest BCUT2D eigenvalue weighted by Gasteiger charge is -2.19. The number of hydrogen-bond acceptors (Lipinski definition) is 10. The third-order valence-corrected chi connectivity index (χ3v) is 7.43. The second kappa shape index (κ2) is 12.8. The minimum Gasteiger partial charge on any atom is -0.496 e. The van der Waals surface area contributed by atoms with Crippen LogP contribution >= 0.6 is 7.82 Å². The number of methoxy groups -OCH3 is 4. The molecular formula is C23H31O10PS. The normalized spacial score (nSPS) is 11.9. The van der Waals surface area contributed by atoms with Gasteiger partial charge in [0.1, 0.15) is 17.2 Å². The molecule has 2 aromatic carbocycles. The molecule has 0 amide bonds. The molecule has 35 heavy (non-hydrogen) atoms. The highest BCUT2D eigenvalue weighted by atomic mass is 32.2. The fraction of sp³-hybridized carbons (Fsp3) is 0.391. The SMILES string of the molecule is CCOP(=O)(OCC)Oc1cc(CS(=O)(=O)C=Cc2c(OC)cc(OC)cc2OC)ccc1OC. The van der Waals surface area contributed by atoms with Crippen LogP contribution in [0.3, 0.4) is 0 Å². The molecule has 2 aromatic rings. The maximum Gasteiger partial charge on any atom is 0.530 e. The van der Waals surface area contributed by atoms with Gasteiger partial charge >= 0.3 is 7.82 Å². The third-order valence-electron chi connectivity index (χ3n) is 4.58. The predicted molar refractivity (Wildman–Crippen MR) is 132 cm³/mol. The van der Waals surface area contributed by atoms with Crippen molar-refractivity contribution in [1.82, 2.24) is 0 Å². The van der Waals surface area contributed by atoms with Crippen molar-refractivity contribution in [3.63, 3.8) is 0 Å². The van der Waals surface area contributed by atoms with Gasteiger partial charge in [-0.3, -0.25) is 9.05 Å². The van der Waals surface area contributed by atoms with E-state index in [4.69, 9.17) is 32.5 Å². The zero-order valence-electron chi connectivity index (χ0n) is 20.6. The van der Waals surface area contributed by atoms with Crippen LogP contribution in [-0.2, 0) is 29.2 Å². The van der Waals surface area contributed by atoms with E-state index in [1.165, 1.54) is 46.6 Å². The summed E-state index contributed by atoms with van der Waals surface area (Å²) in [5, 5.41) is 1.07. The first-order valence-corrected chi connectivity index (χ1v) is 13.8. The summed E-state index contributed by atoms with van der Waals surface area (Å²) in [6.07, 6.45) is 1.39. The van der Waals surface area contributed by atoms with Crippen molar-refractivity contribution in [2.75, 3.05) is 41.7 Å². The van der Waals surface area contributed by atoms with Crippen LogP contribution in [0, 0.1) is 0 Å². The van der Waals surface area contributed by atoms with Crippen LogP contribution in [0.5, 0.6) is 28.7 Å². The van der Waals surface area contributed by atoms with E-state index in [-0.39, 0.29) is 30.5 Å². The van der Waals surface area contributed by atoms with E-state index in [1.807, 2.05) is 0 Å². The molecule has 0 saturated heterocycles. The van der Waals surface area contributed by atoms with Crippen LogP contribution < -0.4 is 23.5 Å². The van der Waals surface area contributed by atoms with Gasteiger partial charge in [-0.1, -0.05) is 6.07 Å². The van der Waals surface area contributed by atoms with Crippen molar-refractivity contribution >= 4 is 23.7 Å². The van der Waals surface area contributed by atoms with Crippen molar-refractivity contribution < 1.29 is 45.5 Å². The van der Waals surface area contributed by atoms with E-state index in [1.54, 1.807) is 32.0 Å². The Hall–Kier alpha value is -2.72. The summed E-state index contributed by atoms with van der Waals surface area (Å²) >= 11 is 0. The molecule has 0 aliphatic rings. The number of benzene rings is 2. The molecule has 0 aliphatic carbocycles. The third kappa shape index (κ3) is 7.90. The summed E-state index contributed by atoms with van der Waals surface area (Å²) in [6.45, 7) is 3.48. The highest BCUT2D eigenvalue weighted by molar-refractivity contribution is 7.93. The Bertz CT molecular complexity index is 1140. The van der Waals surface area contributed by atoms with Gasteiger partial charge in [-0.15, -0.1) is 0 Å².